The number of esters is 1. The molecule has 2 aromatic carbocycles. The smallest absolute Gasteiger partial charge is 0.337 e. The Kier molecular flexibility index (Phi) is 4.13. The van der Waals surface area contributed by atoms with Gasteiger partial charge in [-0.05, 0) is 18.2 Å². The number of benzene rings is 2. The van der Waals surface area contributed by atoms with Gasteiger partial charge in [-0.3, -0.25) is 10.2 Å². The minimum absolute atomic E-state index is 0. The maximum Gasteiger partial charge on any atom is 0.337 e. The number of methoxy groups -OCH3 is 1. The summed E-state index contributed by atoms with van der Waals surface area (Å²) in [4.78, 5) is 23.8. The van der Waals surface area contributed by atoms with Gasteiger partial charge in [0, 0.05) is 18.2 Å². The lowest BCUT2D eigenvalue weighted by Crippen LogP contribution is -2.16. The average Bonchev–Trinajstić information content (AvgIpc) is 2.53. The largest absolute Gasteiger partial charge is 0.465 e. The van der Waals surface area contributed by atoms with Crippen molar-refractivity contribution in [3.8, 4) is 0 Å². The first-order chi connectivity index (χ1) is 10.0. The molecule has 0 aliphatic heterocycles. The van der Waals surface area contributed by atoms with Gasteiger partial charge in [0.2, 0.25) is 5.78 Å². The second-order valence-corrected chi connectivity index (χ2v) is 4.36. The molecule has 3 N–H and O–H groups in total. The van der Waals surface area contributed by atoms with Crippen LogP contribution in [-0.4, -0.2) is 24.6 Å². The molecule has 0 fully saturated rings. The van der Waals surface area contributed by atoms with Gasteiger partial charge in [0.15, 0.2) is 0 Å². The summed E-state index contributed by atoms with van der Waals surface area (Å²) >= 11 is 0. The fourth-order valence-corrected chi connectivity index (χ4v) is 1.90. The maximum absolute atomic E-state index is 12.3. The van der Waals surface area contributed by atoms with Crippen LogP contribution >= 0.6 is 0 Å². The molecule has 2 aromatic rings. The molecule has 0 saturated heterocycles. The third kappa shape index (κ3) is 2.97. The minimum Gasteiger partial charge on any atom is -0.465 e. The number of ketones is 1. The molecule has 0 spiro atoms. The first-order valence-corrected chi connectivity index (χ1v) is 6.21. The van der Waals surface area contributed by atoms with Crippen LogP contribution in [0.1, 0.15) is 27.7 Å². The lowest BCUT2D eigenvalue weighted by molar-refractivity contribution is 0.0600. The fraction of sp³-hybridized carbons (Fsp3) is 0.0625. The normalized spacial score (nSPS) is 9.95. The highest BCUT2D eigenvalue weighted by molar-refractivity contribution is 6.51. The number of anilines is 1. The highest BCUT2D eigenvalue weighted by atomic mass is 16.5. The van der Waals surface area contributed by atoms with Crippen LogP contribution in [0.4, 0.5) is 5.69 Å². The quantitative estimate of drug-likeness (QED) is 0.390. The zero-order chi connectivity index (χ0) is 15.4. The van der Waals surface area contributed by atoms with Crippen LogP contribution < -0.4 is 5.73 Å². The van der Waals surface area contributed by atoms with Crippen LogP contribution in [-0.2, 0) is 4.74 Å². The Morgan fingerprint density at radius 2 is 1.76 bits per heavy atom. The Labute approximate surface area is 123 Å². The summed E-state index contributed by atoms with van der Waals surface area (Å²) < 4.78 is 4.61. The molecule has 0 amide bonds. The predicted octanol–water partition coefficient (Wildman–Crippen LogP) is 2.55. The zero-order valence-corrected chi connectivity index (χ0v) is 11.4. The Balaban J connectivity index is 0.00000242. The first kappa shape index (κ1) is 14.5. The molecule has 21 heavy (non-hydrogen) atoms. The summed E-state index contributed by atoms with van der Waals surface area (Å²) in [7, 11) is 1.27. The van der Waals surface area contributed by atoms with Crippen molar-refractivity contribution < 1.29 is 15.8 Å². The number of ether oxygens (including phenoxy) is 1. The van der Waals surface area contributed by atoms with Crippen LogP contribution in [0.15, 0.2) is 48.5 Å². The molecule has 5 heteroatoms. The molecular formula is C16H16N2O3. The van der Waals surface area contributed by atoms with E-state index in [-0.39, 0.29) is 18.3 Å². The molecule has 0 aliphatic carbocycles. The summed E-state index contributed by atoms with van der Waals surface area (Å²) in [5, 5.41) is 7.99. The van der Waals surface area contributed by atoms with Crippen molar-refractivity contribution >= 4 is 23.2 Å². The zero-order valence-electron chi connectivity index (χ0n) is 11.4. The lowest BCUT2D eigenvalue weighted by Gasteiger charge is -2.07. The molecule has 2 rings (SSSR count). The van der Waals surface area contributed by atoms with Gasteiger partial charge < -0.3 is 10.5 Å². The summed E-state index contributed by atoms with van der Waals surface area (Å²) in [5.74, 6) is -1.03. The second-order valence-electron chi connectivity index (χ2n) is 4.36. The summed E-state index contributed by atoms with van der Waals surface area (Å²) in [5.41, 5.74) is 6.79. The van der Waals surface area contributed by atoms with Crippen molar-refractivity contribution in [2.24, 2.45) is 0 Å². The third-order valence-electron chi connectivity index (χ3n) is 3.00. The standard InChI is InChI=1S/C16H14N2O3.H2/c1-21-16(20)11-6-4-5-10(9-11)15(19)14(18)12-7-2-3-8-13(12)17;/h2-9,18H,17H2,1H3;1H. The van der Waals surface area contributed by atoms with Crippen LogP contribution in [0.5, 0.6) is 0 Å². The van der Waals surface area contributed by atoms with Gasteiger partial charge in [-0.2, -0.15) is 0 Å². The molecule has 5 nitrogen and oxygen atoms in total. The van der Waals surface area contributed by atoms with Gasteiger partial charge in [-0.25, -0.2) is 4.79 Å². The number of nitrogens with one attached hydrogen (secondary N) is 1. The molecule has 0 saturated carbocycles. The van der Waals surface area contributed by atoms with Gasteiger partial charge in [0.25, 0.3) is 0 Å². The van der Waals surface area contributed by atoms with E-state index in [0.717, 1.165) is 0 Å². The van der Waals surface area contributed by atoms with Gasteiger partial charge in [0.1, 0.15) is 5.71 Å². The number of hydrogen-bond donors (Lipinski definition) is 2. The van der Waals surface area contributed by atoms with Crippen LogP contribution in [0.3, 0.4) is 0 Å². The average molecular weight is 284 g/mol. The van der Waals surface area contributed by atoms with E-state index in [2.05, 4.69) is 4.74 Å². The van der Waals surface area contributed by atoms with Gasteiger partial charge in [0.05, 0.1) is 12.7 Å². The highest BCUT2D eigenvalue weighted by Gasteiger charge is 2.17. The number of carbonyl (C=O) groups is 2. The molecule has 0 aliphatic rings. The Bertz CT molecular complexity index is 729. The Hall–Kier alpha value is -2.95. The van der Waals surface area contributed by atoms with Crippen molar-refractivity contribution in [2.45, 2.75) is 0 Å². The summed E-state index contributed by atoms with van der Waals surface area (Å²) in [6, 6.07) is 12.7. The van der Waals surface area contributed by atoms with Crippen LogP contribution in [0.25, 0.3) is 0 Å². The Morgan fingerprint density at radius 1 is 1.10 bits per heavy atom. The van der Waals surface area contributed by atoms with E-state index in [1.165, 1.54) is 13.2 Å². The Morgan fingerprint density at radius 3 is 2.43 bits per heavy atom. The maximum atomic E-state index is 12.3. The van der Waals surface area contributed by atoms with Crippen molar-refractivity contribution in [3.05, 3.63) is 65.2 Å². The van der Waals surface area contributed by atoms with E-state index in [0.29, 0.717) is 11.3 Å². The summed E-state index contributed by atoms with van der Waals surface area (Å²) in [6.45, 7) is 0. The predicted molar refractivity (Wildman–Crippen MR) is 81.9 cm³/mol. The number of carbonyl (C=O) groups excluding carboxylic acids is 2. The lowest BCUT2D eigenvalue weighted by atomic mass is 9.98. The van der Waals surface area contributed by atoms with E-state index in [9.17, 15) is 9.59 Å². The molecule has 0 bridgehead atoms. The monoisotopic (exact) mass is 284 g/mol. The van der Waals surface area contributed by atoms with E-state index in [4.69, 9.17) is 11.1 Å². The molecular weight excluding hydrogens is 268 g/mol. The molecule has 0 unspecified atom stereocenters. The number of nitrogen functional groups attached to an aromatic ring is 1. The van der Waals surface area contributed by atoms with Crippen molar-refractivity contribution in [1.29, 1.82) is 5.41 Å². The number of nitrogens with two attached hydrogens (primary N) is 1. The molecule has 0 heterocycles. The summed E-state index contributed by atoms with van der Waals surface area (Å²) in [6.07, 6.45) is 0. The highest BCUT2D eigenvalue weighted by Crippen LogP contribution is 2.15. The van der Waals surface area contributed by atoms with E-state index in [1.54, 1.807) is 42.5 Å². The number of rotatable bonds is 4. The van der Waals surface area contributed by atoms with Crippen molar-refractivity contribution in [1.82, 2.24) is 0 Å². The van der Waals surface area contributed by atoms with E-state index >= 15 is 0 Å². The van der Waals surface area contributed by atoms with E-state index in [1.807, 2.05) is 0 Å². The van der Waals surface area contributed by atoms with Crippen LogP contribution in [0.2, 0.25) is 0 Å². The van der Waals surface area contributed by atoms with Gasteiger partial charge in [-0.15, -0.1) is 0 Å². The molecule has 0 atom stereocenters. The second kappa shape index (κ2) is 6.00. The number of para-hydroxylation sites is 1. The first-order valence-electron chi connectivity index (χ1n) is 6.21. The topological polar surface area (TPSA) is 93.2 Å². The van der Waals surface area contributed by atoms with Crippen LogP contribution in [0, 0.1) is 5.41 Å². The number of hydrogen-bond acceptors (Lipinski definition) is 5. The number of Topliss-reactive ketones (excluding diaryl/α,β-unsaturated/α-hetero) is 1. The third-order valence-corrected chi connectivity index (χ3v) is 3.00. The molecule has 108 valence electrons. The van der Waals surface area contributed by atoms with Crippen molar-refractivity contribution in [2.75, 3.05) is 12.8 Å². The van der Waals surface area contributed by atoms with Gasteiger partial charge in [-0.1, -0.05) is 30.3 Å². The van der Waals surface area contributed by atoms with Crippen molar-refractivity contribution in [3.63, 3.8) is 0 Å². The molecule has 0 radical (unpaired) electrons. The SMILES string of the molecule is COC(=O)c1cccc(C(=O)C(=N)c2ccccc2N)c1.[HH]. The van der Waals surface area contributed by atoms with E-state index < -0.39 is 11.8 Å². The minimum atomic E-state index is -0.532. The molecule has 0 aromatic heterocycles. The van der Waals surface area contributed by atoms with Gasteiger partial charge >= 0.3 is 5.97 Å². The fourth-order valence-electron chi connectivity index (χ4n) is 1.90.